The molecule has 0 saturated carbocycles. The zero-order chi connectivity index (χ0) is 29.5. The van der Waals surface area contributed by atoms with Gasteiger partial charge >= 0.3 is 6.18 Å². The summed E-state index contributed by atoms with van der Waals surface area (Å²) < 4.78 is 93.8. The van der Waals surface area contributed by atoms with E-state index in [1.54, 1.807) is 6.07 Å². The summed E-state index contributed by atoms with van der Waals surface area (Å²) in [5.41, 5.74) is -1.48. The molecule has 3 aromatic carbocycles. The molecule has 40 heavy (non-hydrogen) atoms. The molecular formula is C23H18Cl2F3N3O6S3. The van der Waals surface area contributed by atoms with E-state index in [0.717, 1.165) is 44.6 Å². The van der Waals surface area contributed by atoms with Crippen LogP contribution in [-0.4, -0.2) is 56.5 Å². The molecule has 0 spiro atoms. The van der Waals surface area contributed by atoms with Gasteiger partial charge in [0.15, 0.2) is 0 Å². The maximum absolute atomic E-state index is 13.6. The summed E-state index contributed by atoms with van der Waals surface area (Å²) in [5, 5.41) is 12.0. The number of non-ortho nitro benzene ring substituents is 1. The highest BCUT2D eigenvalue weighted by Gasteiger charge is 2.36. The van der Waals surface area contributed by atoms with Crippen molar-refractivity contribution in [3.8, 4) is 0 Å². The van der Waals surface area contributed by atoms with Crippen LogP contribution in [-0.2, 0) is 26.2 Å². The number of halogens is 5. The van der Waals surface area contributed by atoms with Crippen molar-refractivity contribution >= 4 is 60.7 Å². The van der Waals surface area contributed by atoms with E-state index in [1.807, 2.05) is 0 Å². The highest BCUT2D eigenvalue weighted by molar-refractivity contribution is 8.00. The van der Waals surface area contributed by atoms with Gasteiger partial charge in [0, 0.05) is 53.1 Å². The Bertz CT molecular complexity index is 1660. The summed E-state index contributed by atoms with van der Waals surface area (Å²) in [4.78, 5) is 10.5. The van der Waals surface area contributed by atoms with Crippen molar-refractivity contribution in [3.63, 3.8) is 0 Å². The van der Waals surface area contributed by atoms with Gasteiger partial charge in [-0.05, 0) is 48.5 Å². The van der Waals surface area contributed by atoms with Crippen LogP contribution in [0.3, 0.4) is 0 Å². The molecule has 214 valence electrons. The first-order chi connectivity index (χ1) is 18.6. The van der Waals surface area contributed by atoms with E-state index >= 15 is 0 Å². The number of nitro groups is 1. The first kappa shape index (κ1) is 30.6. The minimum atomic E-state index is -4.63. The Balaban J connectivity index is 1.59. The number of piperazine rings is 1. The molecular weight excluding hydrogens is 638 g/mol. The van der Waals surface area contributed by atoms with Gasteiger partial charge in [0.25, 0.3) is 5.69 Å². The van der Waals surface area contributed by atoms with Crippen molar-refractivity contribution in [3.05, 3.63) is 86.4 Å². The van der Waals surface area contributed by atoms with Crippen LogP contribution in [0.25, 0.3) is 0 Å². The molecule has 1 fully saturated rings. The molecule has 0 aromatic heterocycles. The maximum atomic E-state index is 13.6. The summed E-state index contributed by atoms with van der Waals surface area (Å²) in [6.45, 7) is -1.18. The van der Waals surface area contributed by atoms with E-state index in [1.165, 1.54) is 18.2 Å². The van der Waals surface area contributed by atoms with Crippen LogP contribution in [0.4, 0.5) is 18.9 Å². The molecule has 4 rings (SSSR count). The highest BCUT2D eigenvalue weighted by Crippen LogP contribution is 2.40. The number of hydrogen-bond acceptors (Lipinski definition) is 7. The summed E-state index contributed by atoms with van der Waals surface area (Å²) in [5.74, 6) is 0. The summed E-state index contributed by atoms with van der Waals surface area (Å²) >= 11 is 13.2. The Kier molecular flexibility index (Phi) is 8.76. The fourth-order valence-electron chi connectivity index (χ4n) is 3.82. The average molecular weight is 657 g/mol. The Labute approximate surface area is 241 Å². The van der Waals surface area contributed by atoms with Gasteiger partial charge in [-0.15, -0.1) is 0 Å². The third kappa shape index (κ3) is 6.40. The number of nitrogens with zero attached hydrogens (tertiary/aromatic N) is 3. The number of nitro benzene ring substituents is 1. The molecule has 0 unspecified atom stereocenters. The fourth-order valence-corrected chi connectivity index (χ4v) is 8.56. The second-order valence-electron chi connectivity index (χ2n) is 8.40. The molecule has 0 N–H and O–H groups in total. The number of alkyl halides is 3. The molecule has 1 heterocycles. The van der Waals surface area contributed by atoms with Crippen LogP contribution < -0.4 is 0 Å². The SMILES string of the molecule is O=[N+]([O-])c1ccc(Sc2cc(Cl)ccc2Cl)c(S(=O)(=O)N2CCN(S(=O)(=O)c3ccc(C(F)(F)F)cc3)CC2)c1. The van der Waals surface area contributed by atoms with Crippen molar-refractivity contribution in [2.24, 2.45) is 0 Å². The van der Waals surface area contributed by atoms with Crippen LogP contribution in [0.1, 0.15) is 5.56 Å². The molecule has 9 nitrogen and oxygen atoms in total. The second kappa shape index (κ2) is 11.5. The van der Waals surface area contributed by atoms with E-state index < -0.39 is 42.4 Å². The molecule has 0 amide bonds. The zero-order valence-electron chi connectivity index (χ0n) is 20.0. The second-order valence-corrected chi connectivity index (χ2v) is 14.2. The minimum absolute atomic E-state index is 0.134. The first-order valence-electron chi connectivity index (χ1n) is 11.2. The lowest BCUT2D eigenvalue weighted by Crippen LogP contribution is -2.50. The summed E-state index contributed by atoms with van der Waals surface area (Å²) in [6, 6.07) is 10.9. The van der Waals surface area contributed by atoms with Crippen LogP contribution in [0.5, 0.6) is 0 Å². The van der Waals surface area contributed by atoms with Crippen molar-refractivity contribution in [2.45, 2.75) is 25.8 Å². The standard InChI is InChI=1S/C23H18Cl2F3N3O6S3/c24-16-3-7-19(25)21(13-16)38-20-8-4-17(31(32)33)14-22(20)40(36,37)30-11-9-29(10-12-30)39(34,35)18-5-1-15(2-6-18)23(26,27)28/h1-8,13-14H,9-12H2. The van der Waals surface area contributed by atoms with E-state index in [0.29, 0.717) is 22.1 Å². The van der Waals surface area contributed by atoms with Crippen molar-refractivity contribution in [1.29, 1.82) is 0 Å². The minimum Gasteiger partial charge on any atom is -0.258 e. The quantitative estimate of drug-likeness (QED) is 0.234. The maximum Gasteiger partial charge on any atom is 0.416 e. The highest BCUT2D eigenvalue weighted by atomic mass is 35.5. The van der Waals surface area contributed by atoms with Crippen LogP contribution in [0.2, 0.25) is 10.0 Å². The Morgan fingerprint density at radius 1 is 0.800 bits per heavy atom. The van der Waals surface area contributed by atoms with E-state index in [4.69, 9.17) is 23.2 Å². The Morgan fingerprint density at radius 2 is 1.38 bits per heavy atom. The van der Waals surface area contributed by atoms with Crippen LogP contribution in [0, 0.1) is 10.1 Å². The van der Waals surface area contributed by atoms with Crippen LogP contribution in [0.15, 0.2) is 80.2 Å². The molecule has 1 saturated heterocycles. The van der Waals surface area contributed by atoms with Crippen molar-refractivity contribution in [1.82, 2.24) is 8.61 Å². The third-order valence-electron chi connectivity index (χ3n) is 5.89. The van der Waals surface area contributed by atoms with Gasteiger partial charge in [-0.3, -0.25) is 10.1 Å². The molecule has 3 aromatic rings. The van der Waals surface area contributed by atoms with E-state index in [-0.39, 0.29) is 45.9 Å². The Hall–Kier alpha value is -2.40. The lowest BCUT2D eigenvalue weighted by molar-refractivity contribution is -0.385. The lowest BCUT2D eigenvalue weighted by atomic mass is 10.2. The molecule has 0 aliphatic carbocycles. The predicted octanol–water partition coefficient (Wildman–Crippen LogP) is 5.77. The van der Waals surface area contributed by atoms with Gasteiger partial charge < -0.3 is 0 Å². The normalized spacial score (nSPS) is 15.7. The smallest absolute Gasteiger partial charge is 0.258 e. The van der Waals surface area contributed by atoms with Gasteiger partial charge in [0.05, 0.1) is 20.4 Å². The summed E-state index contributed by atoms with van der Waals surface area (Å²) in [6.07, 6.45) is -4.63. The van der Waals surface area contributed by atoms with Gasteiger partial charge in [0.1, 0.15) is 4.90 Å². The predicted molar refractivity (Wildman–Crippen MR) is 143 cm³/mol. The van der Waals surface area contributed by atoms with Crippen LogP contribution >= 0.6 is 35.0 Å². The van der Waals surface area contributed by atoms with E-state index in [9.17, 15) is 40.1 Å². The zero-order valence-corrected chi connectivity index (χ0v) is 24.0. The first-order valence-corrected chi connectivity index (χ1v) is 15.6. The van der Waals surface area contributed by atoms with Gasteiger partial charge in [-0.1, -0.05) is 35.0 Å². The molecule has 0 radical (unpaired) electrons. The van der Waals surface area contributed by atoms with E-state index in [2.05, 4.69) is 0 Å². The van der Waals surface area contributed by atoms with Gasteiger partial charge in [0.2, 0.25) is 20.0 Å². The molecule has 1 aliphatic rings. The number of hydrogen-bond donors (Lipinski definition) is 0. The number of benzene rings is 3. The summed E-state index contributed by atoms with van der Waals surface area (Å²) in [7, 11) is -8.57. The fraction of sp³-hybridized carbons (Fsp3) is 0.217. The molecule has 17 heteroatoms. The number of sulfonamides is 2. The van der Waals surface area contributed by atoms with Crippen molar-refractivity contribution in [2.75, 3.05) is 26.2 Å². The average Bonchev–Trinajstić information content (AvgIpc) is 2.90. The molecule has 0 atom stereocenters. The van der Waals surface area contributed by atoms with Gasteiger partial charge in [-0.25, -0.2) is 16.8 Å². The topological polar surface area (TPSA) is 118 Å². The molecule has 0 bridgehead atoms. The molecule has 1 aliphatic heterocycles. The van der Waals surface area contributed by atoms with Crippen molar-refractivity contribution < 1.29 is 34.9 Å². The number of rotatable bonds is 7. The lowest BCUT2D eigenvalue weighted by Gasteiger charge is -2.33. The Morgan fingerprint density at radius 3 is 1.93 bits per heavy atom. The third-order valence-corrected chi connectivity index (χ3v) is 11.7. The monoisotopic (exact) mass is 655 g/mol. The largest absolute Gasteiger partial charge is 0.416 e. The van der Waals surface area contributed by atoms with Gasteiger partial charge in [-0.2, -0.15) is 21.8 Å².